The Bertz CT molecular complexity index is 393. The minimum absolute atomic E-state index is 0.0258. The summed E-state index contributed by atoms with van der Waals surface area (Å²) in [5.41, 5.74) is 1.99. The fraction of sp³-hybridized carbons (Fsp3) is 0.333. The van der Waals surface area contributed by atoms with Crippen LogP contribution in [0.4, 0.5) is 5.69 Å². The largest absolute Gasteiger partial charge is 0.315 e. The lowest BCUT2D eigenvalue weighted by Crippen LogP contribution is -2.25. The topological polar surface area (TPSA) is 44.1 Å². The predicted octanol–water partition coefficient (Wildman–Crippen LogP) is 2.26. The highest BCUT2D eigenvalue weighted by Gasteiger charge is 2.09. The molecule has 78 valence electrons. The van der Waals surface area contributed by atoms with Gasteiger partial charge in [-0.05, 0) is 24.6 Å². The van der Waals surface area contributed by atoms with Crippen LogP contribution in [0, 0.1) is 18.3 Å². The molecule has 3 nitrogen and oxygen atoms in total. The monoisotopic (exact) mass is 202 g/mol. The van der Waals surface area contributed by atoms with Gasteiger partial charge in [0.1, 0.15) is 0 Å². The summed E-state index contributed by atoms with van der Waals surface area (Å²) in [6.07, 6.45) is 0.552. The number of nitriles is 1. The van der Waals surface area contributed by atoms with Gasteiger partial charge in [-0.15, -0.1) is 0 Å². The molecular weight excluding hydrogens is 188 g/mol. The predicted molar refractivity (Wildman–Crippen MR) is 59.4 cm³/mol. The summed E-state index contributed by atoms with van der Waals surface area (Å²) in [6, 6.07) is 9.70. The van der Waals surface area contributed by atoms with E-state index in [0.29, 0.717) is 0 Å². The zero-order valence-electron chi connectivity index (χ0n) is 9.03. The first-order valence-electron chi connectivity index (χ1n) is 4.85. The van der Waals surface area contributed by atoms with Crippen LogP contribution in [-0.4, -0.2) is 13.0 Å². The van der Waals surface area contributed by atoms with E-state index in [4.69, 9.17) is 5.26 Å². The molecule has 0 aromatic heterocycles. The Morgan fingerprint density at radius 3 is 2.87 bits per heavy atom. The number of aryl methyl sites for hydroxylation is 1. The van der Waals surface area contributed by atoms with Crippen LogP contribution in [0.5, 0.6) is 0 Å². The zero-order valence-corrected chi connectivity index (χ0v) is 9.03. The Kier molecular flexibility index (Phi) is 3.87. The molecule has 1 amide bonds. The molecule has 1 aromatic carbocycles. The first kappa shape index (κ1) is 11.3. The highest BCUT2D eigenvalue weighted by molar-refractivity contribution is 5.92. The molecule has 0 aliphatic carbocycles. The van der Waals surface area contributed by atoms with E-state index in [0.717, 1.165) is 11.3 Å². The summed E-state index contributed by atoms with van der Waals surface area (Å²) < 4.78 is 0. The smallest absolute Gasteiger partial charge is 0.227 e. The van der Waals surface area contributed by atoms with Crippen molar-refractivity contribution in [2.24, 2.45) is 0 Å². The fourth-order valence-corrected chi connectivity index (χ4v) is 1.31. The van der Waals surface area contributed by atoms with Gasteiger partial charge in [0.2, 0.25) is 5.91 Å². The van der Waals surface area contributed by atoms with Crippen molar-refractivity contribution in [2.45, 2.75) is 19.8 Å². The Hall–Kier alpha value is -1.82. The lowest BCUT2D eigenvalue weighted by molar-refractivity contribution is -0.118. The molecule has 1 aromatic rings. The van der Waals surface area contributed by atoms with Crippen LogP contribution in [0.2, 0.25) is 0 Å². The Labute approximate surface area is 89.9 Å². The number of rotatable bonds is 3. The number of anilines is 1. The second-order valence-electron chi connectivity index (χ2n) is 3.45. The van der Waals surface area contributed by atoms with E-state index in [1.165, 1.54) is 0 Å². The third-order valence-corrected chi connectivity index (χ3v) is 2.21. The van der Waals surface area contributed by atoms with Crippen molar-refractivity contribution in [3.8, 4) is 6.07 Å². The summed E-state index contributed by atoms with van der Waals surface area (Å²) in [6.45, 7) is 1.98. The molecule has 0 radical (unpaired) electrons. The van der Waals surface area contributed by atoms with Gasteiger partial charge in [-0.25, -0.2) is 0 Å². The first-order valence-corrected chi connectivity index (χ1v) is 4.85. The van der Waals surface area contributed by atoms with Gasteiger partial charge in [0.15, 0.2) is 0 Å². The molecule has 0 aliphatic heterocycles. The molecule has 0 N–H and O–H groups in total. The molecule has 0 unspecified atom stereocenters. The average molecular weight is 202 g/mol. The minimum Gasteiger partial charge on any atom is -0.315 e. The zero-order chi connectivity index (χ0) is 11.3. The molecule has 3 heteroatoms. The number of benzene rings is 1. The van der Waals surface area contributed by atoms with E-state index < -0.39 is 0 Å². The number of hydrogen-bond donors (Lipinski definition) is 0. The van der Waals surface area contributed by atoms with E-state index in [9.17, 15) is 4.79 Å². The van der Waals surface area contributed by atoms with Crippen LogP contribution in [0.1, 0.15) is 18.4 Å². The molecule has 0 fully saturated rings. The molecule has 15 heavy (non-hydrogen) atoms. The maximum atomic E-state index is 11.6. The Morgan fingerprint density at radius 2 is 2.27 bits per heavy atom. The van der Waals surface area contributed by atoms with Crippen LogP contribution in [0.3, 0.4) is 0 Å². The van der Waals surface area contributed by atoms with Gasteiger partial charge in [-0.1, -0.05) is 12.1 Å². The highest BCUT2D eigenvalue weighted by atomic mass is 16.2. The normalized spacial score (nSPS) is 9.40. The number of hydrogen-bond acceptors (Lipinski definition) is 2. The molecule has 0 aliphatic rings. The van der Waals surface area contributed by atoms with Gasteiger partial charge >= 0.3 is 0 Å². The minimum atomic E-state index is -0.0258. The van der Waals surface area contributed by atoms with Gasteiger partial charge in [-0.3, -0.25) is 4.79 Å². The van der Waals surface area contributed by atoms with Gasteiger partial charge in [0, 0.05) is 25.6 Å². The van der Waals surface area contributed by atoms with Crippen LogP contribution in [-0.2, 0) is 4.79 Å². The van der Waals surface area contributed by atoms with Crippen molar-refractivity contribution in [2.75, 3.05) is 11.9 Å². The van der Waals surface area contributed by atoms with Crippen LogP contribution in [0.25, 0.3) is 0 Å². The van der Waals surface area contributed by atoms with Gasteiger partial charge in [0.25, 0.3) is 0 Å². The molecule has 0 spiro atoms. The summed E-state index contributed by atoms with van der Waals surface area (Å²) in [4.78, 5) is 13.2. The van der Waals surface area contributed by atoms with E-state index >= 15 is 0 Å². The second kappa shape index (κ2) is 5.16. The van der Waals surface area contributed by atoms with Crippen LogP contribution in [0.15, 0.2) is 24.3 Å². The molecule has 0 saturated heterocycles. The van der Waals surface area contributed by atoms with Crippen LogP contribution >= 0.6 is 0 Å². The lowest BCUT2D eigenvalue weighted by Gasteiger charge is -2.17. The molecule has 0 bridgehead atoms. The third kappa shape index (κ3) is 3.10. The van der Waals surface area contributed by atoms with Crippen molar-refractivity contribution in [1.82, 2.24) is 0 Å². The van der Waals surface area contributed by atoms with Gasteiger partial charge in [0.05, 0.1) is 6.07 Å². The molecule has 0 heterocycles. The van der Waals surface area contributed by atoms with E-state index in [-0.39, 0.29) is 18.7 Å². The average Bonchev–Trinajstić information content (AvgIpc) is 2.24. The SMILES string of the molecule is Cc1cccc(N(C)C(=O)CCC#N)c1. The van der Waals surface area contributed by atoms with Gasteiger partial charge in [-0.2, -0.15) is 5.26 Å². The van der Waals surface area contributed by atoms with Crippen molar-refractivity contribution in [1.29, 1.82) is 5.26 Å². The van der Waals surface area contributed by atoms with Crippen molar-refractivity contribution in [3.05, 3.63) is 29.8 Å². The standard InChI is InChI=1S/C12H14N2O/c1-10-5-3-6-11(9-10)14(2)12(15)7-4-8-13/h3,5-6,9H,4,7H2,1-2H3. The third-order valence-electron chi connectivity index (χ3n) is 2.21. The summed E-state index contributed by atoms with van der Waals surface area (Å²) in [5.74, 6) is -0.0258. The van der Waals surface area contributed by atoms with Crippen molar-refractivity contribution in [3.63, 3.8) is 0 Å². The second-order valence-corrected chi connectivity index (χ2v) is 3.45. The fourth-order valence-electron chi connectivity index (χ4n) is 1.31. The molecular formula is C12H14N2O. The molecule has 0 atom stereocenters. The van der Waals surface area contributed by atoms with E-state index in [1.54, 1.807) is 11.9 Å². The summed E-state index contributed by atoms with van der Waals surface area (Å²) >= 11 is 0. The molecule has 0 saturated carbocycles. The maximum Gasteiger partial charge on any atom is 0.227 e. The first-order chi connectivity index (χ1) is 7.15. The summed E-state index contributed by atoms with van der Waals surface area (Å²) in [7, 11) is 1.73. The number of amides is 1. The lowest BCUT2D eigenvalue weighted by atomic mass is 10.2. The number of nitrogens with zero attached hydrogens (tertiary/aromatic N) is 2. The van der Waals surface area contributed by atoms with Gasteiger partial charge < -0.3 is 4.90 Å². The quantitative estimate of drug-likeness (QED) is 0.754. The van der Waals surface area contributed by atoms with E-state index in [2.05, 4.69) is 0 Å². The Morgan fingerprint density at radius 1 is 1.53 bits per heavy atom. The Balaban J connectivity index is 2.72. The highest BCUT2D eigenvalue weighted by Crippen LogP contribution is 2.15. The molecule has 1 rings (SSSR count). The van der Waals surface area contributed by atoms with Crippen LogP contribution < -0.4 is 4.90 Å². The van der Waals surface area contributed by atoms with Crippen molar-refractivity contribution >= 4 is 11.6 Å². The van der Waals surface area contributed by atoms with E-state index in [1.807, 2.05) is 37.3 Å². The maximum absolute atomic E-state index is 11.6. The summed E-state index contributed by atoms with van der Waals surface area (Å²) in [5, 5.41) is 8.39. The van der Waals surface area contributed by atoms with Crippen molar-refractivity contribution < 1.29 is 4.79 Å². The number of carbonyl (C=O) groups is 1. The number of carbonyl (C=O) groups excluding carboxylic acids is 1.